The highest BCUT2D eigenvalue weighted by molar-refractivity contribution is 5.89. The SMILES string of the molecule is CCNC(=O)CNC(C)c1ccc2ccccc2c1O. The summed E-state index contributed by atoms with van der Waals surface area (Å²) >= 11 is 0. The molecule has 20 heavy (non-hydrogen) atoms. The third-order valence-corrected chi connectivity index (χ3v) is 3.34. The number of carbonyl (C=O) groups excluding carboxylic acids is 1. The average Bonchev–Trinajstić information content (AvgIpc) is 2.46. The molecule has 2 aromatic carbocycles. The van der Waals surface area contributed by atoms with Crippen molar-refractivity contribution < 1.29 is 9.90 Å². The number of likely N-dealkylation sites (N-methyl/N-ethyl adjacent to an activating group) is 1. The zero-order valence-electron chi connectivity index (χ0n) is 11.8. The number of phenols is 1. The lowest BCUT2D eigenvalue weighted by molar-refractivity contribution is -0.120. The second-order valence-electron chi connectivity index (χ2n) is 4.78. The number of carbonyl (C=O) groups is 1. The van der Waals surface area contributed by atoms with Crippen LogP contribution in [-0.2, 0) is 4.79 Å². The lowest BCUT2D eigenvalue weighted by Crippen LogP contribution is -2.34. The van der Waals surface area contributed by atoms with E-state index < -0.39 is 0 Å². The smallest absolute Gasteiger partial charge is 0.233 e. The first-order chi connectivity index (χ1) is 9.63. The third kappa shape index (κ3) is 3.08. The molecular formula is C16H20N2O2. The molecule has 1 unspecified atom stereocenters. The topological polar surface area (TPSA) is 61.4 Å². The predicted molar refractivity (Wildman–Crippen MR) is 80.7 cm³/mol. The molecule has 0 aliphatic rings. The van der Waals surface area contributed by atoms with Crippen molar-refractivity contribution in [1.29, 1.82) is 0 Å². The summed E-state index contributed by atoms with van der Waals surface area (Å²) in [7, 11) is 0. The summed E-state index contributed by atoms with van der Waals surface area (Å²) in [5.74, 6) is 0.235. The summed E-state index contributed by atoms with van der Waals surface area (Å²) in [6.07, 6.45) is 0. The molecule has 0 radical (unpaired) electrons. The Morgan fingerprint density at radius 3 is 2.75 bits per heavy atom. The molecule has 0 fully saturated rings. The van der Waals surface area contributed by atoms with Gasteiger partial charge in [-0.3, -0.25) is 4.79 Å². The Labute approximate surface area is 118 Å². The first-order valence-electron chi connectivity index (χ1n) is 6.84. The molecule has 1 amide bonds. The maximum Gasteiger partial charge on any atom is 0.233 e. The van der Waals surface area contributed by atoms with Gasteiger partial charge in [0.25, 0.3) is 0 Å². The summed E-state index contributed by atoms with van der Waals surface area (Å²) in [4.78, 5) is 11.4. The quantitative estimate of drug-likeness (QED) is 0.783. The third-order valence-electron chi connectivity index (χ3n) is 3.34. The van der Waals surface area contributed by atoms with E-state index in [4.69, 9.17) is 0 Å². The van der Waals surface area contributed by atoms with Gasteiger partial charge in [0.05, 0.1) is 6.54 Å². The molecule has 2 rings (SSSR count). The van der Waals surface area contributed by atoms with E-state index >= 15 is 0 Å². The van der Waals surface area contributed by atoms with Gasteiger partial charge >= 0.3 is 0 Å². The van der Waals surface area contributed by atoms with Crippen LogP contribution in [0.25, 0.3) is 10.8 Å². The van der Waals surface area contributed by atoms with Crippen molar-refractivity contribution in [3.8, 4) is 5.75 Å². The summed E-state index contributed by atoms with van der Waals surface area (Å²) < 4.78 is 0. The number of hydrogen-bond donors (Lipinski definition) is 3. The first kappa shape index (κ1) is 14.3. The second-order valence-corrected chi connectivity index (χ2v) is 4.78. The molecule has 0 saturated heterocycles. The summed E-state index contributed by atoms with van der Waals surface area (Å²) in [5.41, 5.74) is 0.799. The Morgan fingerprint density at radius 2 is 2.00 bits per heavy atom. The molecule has 1 atom stereocenters. The summed E-state index contributed by atoms with van der Waals surface area (Å²) in [6.45, 7) is 4.68. The standard InChI is InChI=1S/C16H20N2O2/c1-3-17-15(19)10-18-11(2)13-9-8-12-6-4-5-7-14(12)16(13)20/h4-9,11,18,20H,3,10H2,1-2H3,(H,17,19). The molecule has 2 aromatic rings. The Morgan fingerprint density at radius 1 is 1.25 bits per heavy atom. The number of fused-ring (bicyclic) bond motifs is 1. The lowest BCUT2D eigenvalue weighted by Gasteiger charge is -2.16. The van der Waals surface area contributed by atoms with Crippen LogP contribution < -0.4 is 10.6 Å². The van der Waals surface area contributed by atoms with Crippen LogP contribution in [0.15, 0.2) is 36.4 Å². The van der Waals surface area contributed by atoms with Crippen molar-refractivity contribution in [3.05, 3.63) is 42.0 Å². The maximum absolute atomic E-state index is 11.4. The van der Waals surface area contributed by atoms with E-state index in [2.05, 4.69) is 10.6 Å². The second kappa shape index (κ2) is 6.39. The molecule has 0 bridgehead atoms. The summed E-state index contributed by atoms with van der Waals surface area (Å²) in [5, 5.41) is 18.0. The van der Waals surface area contributed by atoms with Crippen LogP contribution in [0.2, 0.25) is 0 Å². The maximum atomic E-state index is 11.4. The van der Waals surface area contributed by atoms with E-state index in [0.29, 0.717) is 6.54 Å². The Kier molecular flexibility index (Phi) is 4.58. The number of aromatic hydroxyl groups is 1. The van der Waals surface area contributed by atoms with Crippen molar-refractivity contribution in [1.82, 2.24) is 10.6 Å². The fourth-order valence-electron chi connectivity index (χ4n) is 2.24. The van der Waals surface area contributed by atoms with Gasteiger partial charge in [0.15, 0.2) is 0 Å². The lowest BCUT2D eigenvalue weighted by atomic mass is 10.0. The molecule has 106 valence electrons. The largest absolute Gasteiger partial charge is 0.507 e. The molecule has 0 saturated carbocycles. The highest BCUT2D eigenvalue weighted by Crippen LogP contribution is 2.32. The molecular weight excluding hydrogens is 252 g/mol. The predicted octanol–water partition coefficient (Wildman–Crippen LogP) is 2.33. The Balaban J connectivity index is 2.16. The van der Waals surface area contributed by atoms with Gasteiger partial charge in [0.2, 0.25) is 5.91 Å². The van der Waals surface area contributed by atoms with Crippen molar-refractivity contribution in [2.24, 2.45) is 0 Å². The van der Waals surface area contributed by atoms with Gasteiger partial charge < -0.3 is 15.7 Å². The van der Waals surface area contributed by atoms with Crippen LogP contribution in [0.5, 0.6) is 5.75 Å². The zero-order chi connectivity index (χ0) is 14.5. The minimum Gasteiger partial charge on any atom is -0.507 e. The summed E-state index contributed by atoms with van der Waals surface area (Å²) in [6, 6.07) is 11.5. The minimum absolute atomic E-state index is 0.0420. The molecule has 4 nitrogen and oxygen atoms in total. The van der Waals surface area contributed by atoms with Crippen molar-refractivity contribution >= 4 is 16.7 Å². The van der Waals surface area contributed by atoms with Crippen LogP contribution in [0.3, 0.4) is 0 Å². The highest BCUT2D eigenvalue weighted by Gasteiger charge is 2.13. The normalized spacial score (nSPS) is 12.3. The molecule has 3 N–H and O–H groups in total. The number of benzene rings is 2. The number of rotatable bonds is 5. The minimum atomic E-state index is -0.0952. The number of amides is 1. The van der Waals surface area contributed by atoms with Gasteiger partial charge in [0, 0.05) is 23.5 Å². The van der Waals surface area contributed by atoms with Gasteiger partial charge in [0.1, 0.15) is 5.75 Å². The van der Waals surface area contributed by atoms with Gasteiger partial charge in [-0.15, -0.1) is 0 Å². The Bertz CT molecular complexity index is 610. The van der Waals surface area contributed by atoms with Crippen molar-refractivity contribution in [2.75, 3.05) is 13.1 Å². The molecule has 0 aromatic heterocycles. The molecule has 4 heteroatoms. The van der Waals surface area contributed by atoms with Gasteiger partial charge in [-0.1, -0.05) is 36.4 Å². The van der Waals surface area contributed by atoms with E-state index in [-0.39, 0.29) is 24.2 Å². The van der Waals surface area contributed by atoms with Crippen molar-refractivity contribution in [2.45, 2.75) is 19.9 Å². The van der Waals surface area contributed by atoms with E-state index in [9.17, 15) is 9.90 Å². The molecule has 0 aliphatic carbocycles. The van der Waals surface area contributed by atoms with E-state index in [1.54, 1.807) is 0 Å². The van der Waals surface area contributed by atoms with Crippen molar-refractivity contribution in [3.63, 3.8) is 0 Å². The van der Waals surface area contributed by atoms with E-state index in [1.807, 2.05) is 50.2 Å². The number of hydrogen-bond acceptors (Lipinski definition) is 3. The fourth-order valence-corrected chi connectivity index (χ4v) is 2.24. The van der Waals surface area contributed by atoms with Crippen LogP contribution in [0, 0.1) is 0 Å². The van der Waals surface area contributed by atoms with Gasteiger partial charge in [-0.05, 0) is 19.2 Å². The van der Waals surface area contributed by atoms with Crippen LogP contribution in [0.1, 0.15) is 25.5 Å². The average molecular weight is 272 g/mol. The monoisotopic (exact) mass is 272 g/mol. The van der Waals surface area contributed by atoms with Crippen LogP contribution >= 0.6 is 0 Å². The first-order valence-corrected chi connectivity index (χ1v) is 6.84. The highest BCUT2D eigenvalue weighted by atomic mass is 16.3. The van der Waals surface area contributed by atoms with Crippen LogP contribution in [-0.4, -0.2) is 24.1 Å². The number of phenolic OH excluding ortho intramolecular Hbond substituents is 1. The molecule has 0 spiro atoms. The zero-order valence-corrected chi connectivity index (χ0v) is 11.8. The Hall–Kier alpha value is -2.07. The molecule has 0 aliphatic heterocycles. The molecule has 0 heterocycles. The fraction of sp³-hybridized carbons (Fsp3) is 0.312. The van der Waals surface area contributed by atoms with Crippen LogP contribution in [0.4, 0.5) is 0 Å². The number of nitrogens with one attached hydrogen (secondary N) is 2. The van der Waals surface area contributed by atoms with Gasteiger partial charge in [-0.25, -0.2) is 0 Å². The van der Waals surface area contributed by atoms with E-state index in [0.717, 1.165) is 16.3 Å². The van der Waals surface area contributed by atoms with E-state index in [1.165, 1.54) is 0 Å². The van der Waals surface area contributed by atoms with Gasteiger partial charge in [-0.2, -0.15) is 0 Å².